The molecule has 0 unspecified atom stereocenters. The van der Waals surface area contributed by atoms with E-state index in [9.17, 15) is 18.4 Å². The summed E-state index contributed by atoms with van der Waals surface area (Å²) < 4.78 is 34.1. The number of hydrogen-bond acceptors (Lipinski definition) is 5. The monoisotopic (exact) mass is 463 g/mol. The number of rotatable bonds is 6. The Bertz CT molecular complexity index is 1230. The zero-order valence-corrected chi connectivity index (χ0v) is 18.4. The fourth-order valence-corrected chi connectivity index (χ4v) is 4.54. The van der Waals surface area contributed by atoms with Crippen molar-refractivity contribution in [1.82, 2.24) is 15.3 Å². The Morgan fingerprint density at radius 2 is 1.85 bits per heavy atom. The first kappa shape index (κ1) is 22.3. The van der Waals surface area contributed by atoms with Crippen molar-refractivity contribution >= 4 is 11.7 Å². The van der Waals surface area contributed by atoms with Crippen LogP contribution in [0, 0.1) is 17.6 Å². The molecule has 1 fully saturated rings. The molecule has 1 saturated heterocycles. The zero-order valence-electron chi connectivity index (χ0n) is 18.4. The molecule has 1 amide bonds. The van der Waals surface area contributed by atoms with Crippen molar-refractivity contribution in [2.75, 3.05) is 13.2 Å². The van der Waals surface area contributed by atoms with E-state index < -0.39 is 11.6 Å². The molecule has 1 N–H and O–H groups in total. The lowest BCUT2D eigenvalue weighted by Gasteiger charge is -2.21. The van der Waals surface area contributed by atoms with E-state index in [1.165, 1.54) is 24.3 Å². The van der Waals surface area contributed by atoms with Gasteiger partial charge in [-0.3, -0.25) is 14.6 Å². The molecule has 0 saturated carbocycles. The molecule has 34 heavy (non-hydrogen) atoms. The second kappa shape index (κ2) is 9.38. The molecule has 6 nitrogen and oxygen atoms in total. The predicted molar refractivity (Wildman–Crippen MR) is 120 cm³/mol. The van der Waals surface area contributed by atoms with Crippen LogP contribution in [-0.2, 0) is 17.7 Å². The summed E-state index contributed by atoms with van der Waals surface area (Å²) in [5.74, 6) is -1.34. The minimum Gasteiger partial charge on any atom is -0.381 e. The average molecular weight is 463 g/mol. The predicted octanol–water partition coefficient (Wildman–Crippen LogP) is 4.26. The molecule has 4 heterocycles. The number of pyridine rings is 2. The van der Waals surface area contributed by atoms with E-state index in [1.54, 1.807) is 18.3 Å². The third-order valence-corrected chi connectivity index (χ3v) is 6.37. The van der Waals surface area contributed by atoms with Gasteiger partial charge in [-0.05, 0) is 54.7 Å². The van der Waals surface area contributed by atoms with Crippen LogP contribution in [0.3, 0.4) is 0 Å². The fourth-order valence-electron chi connectivity index (χ4n) is 4.54. The number of ether oxygens (including phenoxy) is 1. The van der Waals surface area contributed by atoms with E-state index >= 15 is 0 Å². The van der Waals surface area contributed by atoms with Crippen molar-refractivity contribution in [3.63, 3.8) is 0 Å². The van der Waals surface area contributed by atoms with Gasteiger partial charge >= 0.3 is 0 Å². The number of nitrogens with zero attached hydrogens (tertiary/aromatic N) is 2. The summed E-state index contributed by atoms with van der Waals surface area (Å²) in [6, 6.07) is 8.67. The van der Waals surface area contributed by atoms with Gasteiger partial charge in [0, 0.05) is 43.5 Å². The molecule has 0 radical (unpaired) electrons. The van der Waals surface area contributed by atoms with Gasteiger partial charge in [-0.2, -0.15) is 0 Å². The van der Waals surface area contributed by atoms with Crippen LogP contribution in [0.4, 0.5) is 8.78 Å². The van der Waals surface area contributed by atoms with E-state index in [1.807, 2.05) is 0 Å². The number of halogens is 2. The highest BCUT2D eigenvalue weighted by atomic mass is 19.1. The molecule has 3 aromatic rings. The Morgan fingerprint density at radius 1 is 1.09 bits per heavy atom. The molecular formula is C26H23F2N3O3. The van der Waals surface area contributed by atoms with Crippen molar-refractivity contribution in [1.29, 1.82) is 0 Å². The fraction of sp³-hybridized carbons (Fsp3) is 0.308. The van der Waals surface area contributed by atoms with Crippen LogP contribution in [0.1, 0.15) is 56.9 Å². The lowest BCUT2D eigenvalue weighted by atomic mass is 9.92. The van der Waals surface area contributed by atoms with Gasteiger partial charge in [0.2, 0.25) is 0 Å². The molecule has 2 aliphatic rings. The number of Topliss-reactive ketones (excluding diaryl/α,β-unsaturated/α-hetero) is 1. The number of fused-ring (bicyclic) bond motifs is 1. The number of amides is 1. The highest BCUT2D eigenvalue weighted by molar-refractivity contribution is 5.99. The summed E-state index contributed by atoms with van der Waals surface area (Å²) >= 11 is 0. The van der Waals surface area contributed by atoms with Crippen molar-refractivity contribution in [2.45, 2.75) is 32.2 Å². The minimum atomic E-state index is -0.721. The van der Waals surface area contributed by atoms with Crippen LogP contribution in [0.15, 0.2) is 42.6 Å². The quantitative estimate of drug-likeness (QED) is 0.553. The summed E-state index contributed by atoms with van der Waals surface area (Å²) in [6.45, 7) is 1.58. The molecule has 0 bridgehead atoms. The maximum absolute atomic E-state index is 14.4. The van der Waals surface area contributed by atoms with E-state index in [2.05, 4.69) is 15.3 Å². The molecule has 0 spiro atoms. The van der Waals surface area contributed by atoms with Crippen LogP contribution in [0.2, 0.25) is 0 Å². The van der Waals surface area contributed by atoms with E-state index in [0.29, 0.717) is 53.6 Å². The number of ketones is 1. The number of carbonyl (C=O) groups is 2. The Balaban J connectivity index is 1.41. The van der Waals surface area contributed by atoms with Crippen LogP contribution >= 0.6 is 0 Å². The van der Waals surface area contributed by atoms with Gasteiger partial charge in [0.25, 0.3) is 5.91 Å². The van der Waals surface area contributed by atoms with Gasteiger partial charge in [-0.1, -0.05) is 6.07 Å². The average Bonchev–Trinajstić information content (AvgIpc) is 3.21. The van der Waals surface area contributed by atoms with Crippen LogP contribution in [0.5, 0.6) is 0 Å². The van der Waals surface area contributed by atoms with E-state index in [4.69, 9.17) is 4.74 Å². The smallest absolute Gasteiger partial charge is 0.253 e. The maximum Gasteiger partial charge on any atom is 0.253 e. The SMILES string of the molecule is O=C(CC1CCOCC1)c1ccc(Cc2cc(-c3c(F)cccc3F)nc3c2C(=O)NC3)nc1. The third kappa shape index (κ3) is 4.46. The van der Waals surface area contributed by atoms with Crippen LogP contribution < -0.4 is 5.32 Å². The van der Waals surface area contributed by atoms with Crippen molar-refractivity contribution in [3.05, 3.63) is 82.3 Å². The first-order chi connectivity index (χ1) is 16.5. The number of benzene rings is 1. The van der Waals surface area contributed by atoms with Crippen molar-refractivity contribution < 1.29 is 23.1 Å². The number of aromatic nitrogens is 2. The number of nitrogens with one attached hydrogen (secondary N) is 1. The molecular weight excluding hydrogens is 440 g/mol. The van der Waals surface area contributed by atoms with Gasteiger partial charge < -0.3 is 10.1 Å². The molecule has 2 aliphatic heterocycles. The maximum atomic E-state index is 14.4. The highest BCUT2D eigenvalue weighted by Crippen LogP contribution is 2.30. The summed E-state index contributed by atoms with van der Waals surface area (Å²) in [7, 11) is 0. The first-order valence-corrected chi connectivity index (χ1v) is 11.3. The number of hydrogen-bond donors (Lipinski definition) is 1. The normalized spacial score (nSPS) is 15.8. The summed E-state index contributed by atoms with van der Waals surface area (Å²) in [4.78, 5) is 33.8. The minimum absolute atomic E-state index is 0.0486. The largest absolute Gasteiger partial charge is 0.381 e. The zero-order chi connectivity index (χ0) is 23.7. The third-order valence-electron chi connectivity index (χ3n) is 6.37. The second-order valence-electron chi connectivity index (χ2n) is 8.67. The topological polar surface area (TPSA) is 81.2 Å². The van der Waals surface area contributed by atoms with E-state index in [-0.39, 0.29) is 35.9 Å². The Hall–Kier alpha value is -3.52. The van der Waals surface area contributed by atoms with Gasteiger partial charge in [-0.25, -0.2) is 13.8 Å². The molecule has 0 aliphatic carbocycles. The van der Waals surface area contributed by atoms with Gasteiger partial charge in [0.15, 0.2) is 5.78 Å². The Labute approximate surface area is 195 Å². The summed E-state index contributed by atoms with van der Waals surface area (Å²) in [6.07, 6.45) is 4.06. The molecule has 2 aromatic heterocycles. The van der Waals surface area contributed by atoms with Crippen LogP contribution in [-0.4, -0.2) is 34.9 Å². The lowest BCUT2D eigenvalue weighted by molar-refractivity contribution is 0.0601. The highest BCUT2D eigenvalue weighted by Gasteiger charge is 2.27. The standard InChI is InChI=1S/C26H23F2N3O3/c27-19-2-1-3-20(28)25(19)21-12-17(24-22(31-21)14-30-26(24)33)11-18-5-4-16(13-29-18)23(32)10-15-6-8-34-9-7-15/h1-5,12-13,15H,6-11,14H2,(H,30,33). The first-order valence-electron chi connectivity index (χ1n) is 11.3. The molecule has 5 rings (SSSR count). The van der Waals surface area contributed by atoms with Gasteiger partial charge in [0.1, 0.15) is 11.6 Å². The molecule has 8 heteroatoms. The van der Waals surface area contributed by atoms with Crippen LogP contribution in [0.25, 0.3) is 11.3 Å². The molecule has 174 valence electrons. The molecule has 0 atom stereocenters. The van der Waals surface area contributed by atoms with Crippen molar-refractivity contribution in [2.24, 2.45) is 5.92 Å². The Morgan fingerprint density at radius 3 is 2.56 bits per heavy atom. The van der Waals surface area contributed by atoms with Gasteiger partial charge in [0.05, 0.1) is 29.1 Å². The van der Waals surface area contributed by atoms with E-state index in [0.717, 1.165) is 12.8 Å². The van der Waals surface area contributed by atoms with Crippen molar-refractivity contribution in [3.8, 4) is 11.3 Å². The summed E-state index contributed by atoms with van der Waals surface area (Å²) in [5, 5.41) is 2.72. The second-order valence-corrected chi connectivity index (χ2v) is 8.67. The lowest BCUT2D eigenvalue weighted by Crippen LogP contribution is -2.18. The Kier molecular flexibility index (Phi) is 6.15. The molecule has 1 aromatic carbocycles. The van der Waals surface area contributed by atoms with Gasteiger partial charge in [-0.15, -0.1) is 0 Å². The summed E-state index contributed by atoms with van der Waals surface area (Å²) in [5.41, 5.74) is 2.51. The number of carbonyl (C=O) groups excluding carboxylic acids is 2.